The summed E-state index contributed by atoms with van der Waals surface area (Å²) in [6.45, 7) is 1.40. The van der Waals surface area contributed by atoms with Crippen molar-refractivity contribution in [3.05, 3.63) is 40.3 Å². The van der Waals surface area contributed by atoms with Gasteiger partial charge >= 0.3 is 5.97 Å². The lowest BCUT2D eigenvalue weighted by Crippen LogP contribution is -2.08. The van der Waals surface area contributed by atoms with E-state index in [1.165, 1.54) is 23.6 Å². The minimum Gasteiger partial charge on any atom is -0.493 e. The average molecular weight is 419 g/mol. The monoisotopic (exact) mass is 419 g/mol. The summed E-state index contributed by atoms with van der Waals surface area (Å²) in [5, 5.41) is 7.00. The zero-order chi connectivity index (χ0) is 20.1. The lowest BCUT2D eigenvalue weighted by molar-refractivity contribution is -0.114. The summed E-state index contributed by atoms with van der Waals surface area (Å²) in [5.74, 6) is 0.425. The van der Waals surface area contributed by atoms with Gasteiger partial charge in [-0.3, -0.25) is 4.79 Å². The zero-order valence-corrected chi connectivity index (χ0v) is 17.0. The largest absolute Gasteiger partial charge is 0.493 e. The van der Waals surface area contributed by atoms with Crippen LogP contribution in [0.2, 0.25) is 0 Å². The molecule has 1 aromatic carbocycles. The number of rotatable bonds is 7. The van der Waals surface area contributed by atoms with Crippen LogP contribution < -0.4 is 14.8 Å². The number of amides is 1. The molecule has 2 aromatic heterocycles. The first-order valence-corrected chi connectivity index (χ1v) is 9.83. The van der Waals surface area contributed by atoms with Crippen molar-refractivity contribution in [2.75, 3.05) is 19.5 Å². The first kappa shape index (κ1) is 19.8. The van der Waals surface area contributed by atoms with E-state index in [2.05, 4.69) is 15.3 Å². The highest BCUT2D eigenvalue weighted by Crippen LogP contribution is 2.33. The molecule has 0 atom stereocenters. The van der Waals surface area contributed by atoms with Gasteiger partial charge in [-0.25, -0.2) is 14.8 Å². The Labute approximate surface area is 169 Å². The van der Waals surface area contributed by atoms with Crippen molar-refractivity contribution >= 4 is 39.7 Å². The predicted octanol–water partition coefficient (Wildman–Crippen LogP) is 3.60. The number of hydrogen-bond acceptors (Lipinski definition) is 9. The Hall–Kier alpha value is -2.98. The van der Waals surface area contributed by atoms with Crippen molar-refractivity contribution in [2.24, 2.45) is 0 Å². The summed E-state index contributed by atoms with van der Waals surface area (Å²) in [5.41, 5.74) is 1.64. The fourth-order valence-electron chi connectivity index (χ4n) is 2.26. The van der Waals surface area contributed by atoms with E-state index >= 15 is 0 Å². The van der Waals surface area contributed by atoms with E-state index < -0.39 is 5.97 Å². The molecule has 0 spiro atoms. The van der Waals surface area contributed by atoms with E-state index in [9.17, 15) is 9.59 Å². The smallest absolute Gasteiger partial charge is 0.358 e. The Balaban J connectivity index is 1.64. The number of thiazole rings is 2. The number of carbonyl (C=O) groups is 2. The second kappa shape index (κ2) is 8.81. The van der Waals surface area contributed by atoms with Gasteiger partial charge in [-0.2, -0.15) is 0 Å². The highest BCUT2D eigenvalue weighted by molar-refractivity contribution is 7.14. The molecule has 3 aromatic rings. The standard InChI is InChI=1S/C18H17N3O5S2/c1-10(22)19-18-21-13(9-28-18)17(23)26-7-12-8-27-16(20-12)11-4-5-14(24-2)15(6-11)25-3/h4-6,8-9H,7H2,1-3H3,(H,19,21,22). The third kappa shape index (κ3) is 4.65. The number of ether oxygens (including phenoxy) is 3. The normalized spacial score (nSPS) is 10.4. The number of methoxy groups -OCH3 is 2. The van der Waals surface area contributed by atoms with Gasteiger partial charge in [0.25, 0.3) is 0 Å². The van der Waals surface area contributed by atoms with Crippen molar-refractivity contribution in [3.8, 4) is 22.1 Å². The maximum Gasteiger partial charge on any atom is 0.358 e. The molecule has 0 aliphatic heterocycles. The molecule has 2 heterocycles. The van der Waals surface area contributed by atoms with Crippen molar-refractivity contribution in [3.63, 3.8) is 0 Å². The molecule has 0 saturated carbocycles. The maximum atomic E-state index is 12.1. The first-order valence-electron chi connectivity index (χ1n) is 8.07. The van der Waals surface area contributed by atoms with Crippen LogP contribution >= 0.6 is 22.7 Å². The van der Waals surface area contributed by atoms with Crippen molar-refractivity contribution in [1.29, 1.82) is 0 Å². The van der Waals surface area contributed by atoms with Gasteiger partial charge in [-0.05, 0) is 18.2 Å². The topological polar surface area (TPSA) is 99.6 Å². The Morgan fingerprint density at radius 2 is 1.86 bits per heavy atom. The van der Waals surface area contributed by atoms with Gasteiger partial charge in [0, 0.05) is 23.2 Å². The van der Waals surface area contributed by atoms with Gasteiger partial charge in [0.05, 0.1) is 19.9 Å². The average Bonchev–Trinajstić information content (AvgIpc) is 3.34. The van der Waals surface area contributed by atoms with Gasteiger partial charge in [0.15, 0.2) is 22.3 Å². The number of nitrogens with zero attached hydrogens (tertiary/aromatic N) is 2. The third-order valence-electron chi connectivity index (χ3n) is 3.53. The first-order chi connectivity index (χ1) is 13.5. The van der Waals surface area contributed by atoms with E-state index in [4.69, 9.17) is 14.2 Å². The second-order valence-corrected chi connectivity index (χ2v) is 7.23. The predicted molar refractivity (Wildman–Crippen MR) is 106 cm³/mol. The number of benzene rings is 1. The second-order valence-electron chi connectivity index (χ2n) is 5.51. The van der Waals surface area contributed by atoms with Crippen molar-refractivity contribution < 1.29 is 23.8 Å². The fourth-order valence-corrected chi connectivity index (χ4v) is 3.79. The minimum atomic E-state index is -0.575. The van der Waals surface area contributed by atoms with E-state index in [0.29, 0.717) is 22.3 Å². The molecule has 8 nitrogen and oxygen atoms in total. The number of hydrogen-bond donors (Lipinski definition) is 1. The lowest BCUT2D eigenvalue weighted by atomic mass is 10.2. The van der Waals surface area contributed by atoms with Crippen molar-refractivity contribution in [1.82, 2.24) is 9.97 Å². The van der Waals surface area contributed by atoms with Crippen LogP contribution in [0.3, 0.4) is 0 Å². The van der Waals surface area contributed by atoms with Crippen LogP contribution in [0.15, 0.2) is 29.0 Å². The Morgan fingerprint density at radius 1 is 1.07 bits per heavy atom. The molecule has 1 N–H and O–H groups in total. The molecule has 0 aliphatic rings. The van der Waals surface area contributed by atoms with Crippen molar-refractivity contribution in [2.45, 2.75) is 13.5 Å². The van der Waals surface area contributed by atoms with Gasteiger partial charge < -0.3 is 19.5 Å². The number of carbonyl (C=O) groups excluding carboxylic acids is 2. The SMILES string of the molecule is COc1ccc(-c2nc(COC(=O)c3csc(NC(C)=O)n3)cs2)cc1OC. The van der Waals surface area contributed by atoms with Crippen LogP contribution in [0.5, 0.6) is 11.5 Å². The Morgan fingerprint density at radius 3 is 2.57 bits per heavy atom. The van der Waals surface area contributed by atoms with E-state index in [-0.39, 0.29) is 18.2 Å². The molecule has 146 valence electrons. The van der Waals surface area contributed by atoms with Gasteiger partial charge in [0.1, 0.15) is 11.6 Å². The number of nitrogens with one attached hydrogen (secondary N) is 1. The zero-order valence-electron chi connectivity index (χ0n) is 15.3. The summed E-state index contributed by atoms with van der Waals surface area (Å²) in [7, 11) is 3.15. The Bertz CT molecular complexity index is 999. The number of aromatic nitrogens is 2. The molecule has 0 aliphatic carbocycles. The highest BCUT2D eigenvalue weighted by atomic mass is 32.1. The van der Waals surface area contributed by atoms with Crippen LogP contribution in [0.1, 0.15) is 23.1 Å². The van der Waals surface area contributed by atoms with Crippen LogP contribution in [-0.4, -0.2) is 36.1 Å². The molecule has 0 fully saturated rings. The molecule has 28 heavy (non-hydrogen) atoms. The highest BCUT2D eigenvalue weighted by Gasteiger charge is 2.15. The van der Waals surface area contributed by atoms with Crippen LogP contribution in [0.25, 0.3) is 10.6 Å². The molecule has 0 saturated heterocycles. The van der Waals surface area contributed by atoms with E-state index in [1.54, 1.807) is 14.2 Å². The number of anilines is 1. The molecule has 10 heteroatoms. The fraction of sp³-hybridized carbons (Fsp3) is 0.222. The minimum absolute atomic E-state index is 0.0234. The molecule has 0 unspecified atom stereocenters. The Kier molecular flexibility index (Phi) is 6.22. The maximum absolute atomic E-state index is 12.1. The van der Waals surface area contributed by atoms with E-state index in [1.807, 2.05) is 23.6 Å². The van der Waals surface area contributed by atoms with Gasteiger partial charge in [-0.15, -0.1) is 22.7 Å². The van der Waals surface area contributed by atoms with Gasteiger partial charge in [-0.1, -0.05) is 0 Å². The molecule has 1 amide bonds. The summed E-state index contributed by atoms with van der Waals surface area (Å²) < 4.78 is 15.8. The van der Waals surface area contributed by atoms with Crippen LogP contribution in [-0.2, 0) is 16.1 Å². The summed E-state index contributed by atoms with van der Waals surface area (Å²) in [6.07, 6.45) is 0. The number of esters is 1. The molecule has 0 bridgehead atoms. The lowest BCUT2D eigenvalue weighted by Gasteiger charge is -2.08. The van der Waals surface area contributed by atoms with E-state index in [0.717, 1.165) is 21.9 Å². The van der Waals surface area contributed by atoms with Gasteiger partial charge in [0.2, 0.25) is 5.91 Å². The third-order valence-corrected chi connectivity index (χ3v) is 5.23. The van der Waals surface area contributed by atoms with Crippen LogP contribution in [0.4, 0.5) is 5.13 Å². The quantitative estimate of drug-likeness (QED) is 0.584. The summed E-state index contributed by atoms with van der Waals surface area (Å²) in [6, 6.07) is 5.53. The summed E-state index contributed by atoms with van der Waals surface area (Å²) >= 11 is 2.59. The molecule has 3 rings (SSSR count). The molecular weight excluding hydrogens is 402 g/mol. The molecular formula is C18H17N3O5S2. The molecule has 0 radical (unpaired) electrons. The van der Waals surface area contributed by atoms with Crippen LogP contribution in [0, 0.1) is 0 Å². The summed E-state index contributed by atoms with van der Waals surface area (Å²) in [4.78, 5) is 31.6.